The van der Waals surface area contributed by atoms with Crippen LogP contribution in [0.2, 0.25) is 0 Å². The maximum Gasteiger partial charge on any atom is 0.312 e. The summed E-state index contributed by atoms with van der Waals surface area (Å²) in [6.45, 7) is 2.90. The minimum atomic E-state index is -2.74. The Balaban J connectivity index is 3.07. The molecule has 0 heterocycles. The molecule has 3 N–H and O–H groups in total. The van der Waals surface area contributed by atoms with Gasteiger partial charge in [0.25, 0.3) is 0 Å². The average Bonchev–Trinajstić information content (AvgIpc) is 2.30. The Hall–Kier alpha value is -0.530. The monoisotopic (exact) mass is 306 g/mol. The highest BCUT2D eigenvalue weighted by Crippen LogP contribution is 2.45. The van der Waals surface area contributed by atoms with E-state index in [4.69, 9.17) is 20.9 Å². The molecule has 1 aromatic rings. The van der Waals surface area contributed by atoms with Crippen LogP contribution in [-0.4, -0.2) is 18.4 Å². The first-order valence-corrected chi connectivity index (χ1v) is 8.38. The lowest BCUT2D eigenvalue weighted by molar-refractivity contribution is -0.991. The van der Waals surface area contributed by atoms with Gasteiger partial charge in [0.2, 0.25) is 5.69 Å². The fraction of sp³-hybridized carbons (Fsp3) is 0.455. The highest BCUT2D eigenvalue weighted by Gasteiger charge is 2.23. The van der Waals surface area contributed by atoms with Crippen LogP contribution < -0.4 is 14.8 Å². The van der Waals surface area contributed by atoms with Crippen molar-refractivity contribution < 1.29 is 19.5 Å². The molecule has 0 saturated carbocycles. The van der Waals surface area contributed by atoms with Gasteiger partial charge in [0.05, 0.1) is 0 Å². The Morgan fingerprint density at radius 3 is 2.58 bits per heavy atom. The first-order chi connectivity index (χ1) is 8.77. The SMILES string of the molecule is COP(=S)(NC(C)C)Oc1ccc(C)cc1[NH+]([O-])O. The van der Waals surface area contributed by atoms with Gasteiger partial charge in [-0.15, -0.1) is 0 Å². The number of aryl methyl sites for hydroxylation is 1. The molecular formula is C11H19N2O4PS. The standard InChI is InChI=1S/C11H19N2O4PS/c1-8(2)12-18(19,16-4)17-11-6-5-9(3)7-10(11)13(14)15/h5-8,13-14H,1-4H3,(H,12,19). The summed E-state index contributed by atoms with van der Waals surface area (Å²) in [4.78, 5) is 0. The first kappa shape index (κ1) is 16.5. The zero-order chi connectivity index (χ0) is 14.6. The van der Waals surface area contributed by atoms with E-state index in [9.17, 15) is 10.4 Å². The van der Waals surface area contributed by atoms with Gasteiger partial charge in [-0.05, 0) is 44.2 Å². The minimum Gasteiger partial charge on any atom is -0.595 e. The highest BCUT2D eigenvalue weighted by molar-refractivity contribution is 8.09. The third kappa shape index (κ3) is 4.81. The summed E-state index contributed by atoms with van der Waals surface area (Å²) >= 11 is 5.30. The number of quaternary nitrogens is 1. The molecule has 0 spiro atoms. The van der Waals surface area contributed by atoms with Gasteiger partial charge in [-0.25, -0.2) is 10.3 Å². The molecule has 1 rings (SSSR count). The predicted octanol–water partition coefficient (Wildman–Crippen LogP) is 1.65. The number of nitrogens with one attached hydrogen (secondary N) is 2. The van der Waals surface area contributed by atoms with Crippen LogP contribution in [0.25, 0.3) is 0 Å². The van der Waals surface area contributed by atoms with E-state index < -0.39 is 11.9 Å². The minimum absolute atomic E-state index is 0.0736. The summed E-state index contributed by atoms with van der Waals surface area (Å²) in [5.41, 5.74) is 0.920. The van der Waals surface area contributed by atoms with Gasteiger partial charge < -0.3 is 14.3 Å². The molecule has 0 bridgehead atoms. The van der Waals surface area contributed by atoms with Gasteiger partial charge in [-0.3, -0.25) is 0 Å². The molecule has 0 saturated heterocycles. The molecule has 8 heteroatoms. The number of hydrogen-bond donors (Lipinski definition) is 3. The number of benzene rings is 1. The van der Waals surface area contributed by atoms with Crippen molar-refractivity contribution in [1.82, 2.24) is 5.09 Å². The third-order valence-electron chi connectivity index (χ3n) is 2.24. The van der Waals surface area contributed by atoms with E-state index in [-0.39, 0.29) is 17.5 Å². The molecule has 0 fully saturated rings. The zero-order valence-electron chi connectivity index (χ0n) is 11.3. The zero-order valence-corrected chi connectivity index (χ0v) is 13.0. The maximum absolute atomic E-state index is 11.2. The second-order valence-corrected chi connectivity index (χ2v) is 7.60. The van der Waals surface area contributed by atoms with Crippen LogP contribution in [0.5, 0.6) is 5.75 Å². The molecule has 0 aliphatic carbocycles. The summed E-state index contributed by atoms with van der Waals surface area (Å²) in [6, 6.07) is 4.99. The van der Waals surface area contributed by atoms with E-state index in [1.165, 1.54) is 7.11 Å². The van der Waals surface area contributed by atoms with E-state index in [1.54, 1.807) is 18.2 Å². The van der Waals surface area contributed by atoms with E-state index in [2.05, 4.69) is 5.09 Å². The molecule has 0 radical (unpaired) electrons. The second kappa shape index (κ2) is 6.76. The van der Waals surface area contributed by atoms with Crippen molar-refractivity contribution in [2.45, 2.75) is 26.8 Å². The summed E-state index contributed by atoms with van der Waals surface area (Å²) in [5.74, 6) is 0.219. The first-order valence-electron chi connectivity index (χ1n) is 5.74. The van der Waals surface area contributed by atoms with Crippen molar-refractivity contribution in [2.75, 3.05) is 7.11 Å². The fourth-order valence-electron chi connectivity index (χ4n) is 1.45. The predicted molar refractivity (Wildman–Crippen MR) is 77.1 cm³/mol. The normalized spacial score (nSPS) is 16.2. The lowest BCUT2D eigenvalue weighted by atomic mass is 10.2. The molecule has 0 aliphatic heterocycles. The molecule has 108 valence electrons. The Labute approximate surface area is 118 Å². The van der Waals surface area contributed by atoms with E-state index >= 15 is 0 Å². The summed E-state index contributed by atoms with van der Waals surface area (Å²) in [7, 11) is 1.45. The molecule has 1 aromatic carbocycles. The van der Waals surface area contributed by atoms with E-state index in [0.29, 0.717) is 0 Å². The molecule has 2 unspecified atom stereocenters. The molecule has 19 heavy (non-hydrogen) atoms. The Bertz CT molecular complexity index is 482. The van der Waals surface area contributed by atoms with Crippen molar-refractivity contribution in [1.29, 1.82) is 0 Å². The van der Waals surface area contributed by atoms with Gasteiger partial charge in [0.1, 0.15) is 0 Å². The largest absolute Gasteiger partial charge is 0.595 e. The van der Waals surface area contributed by atoms with Crippen LogP contribution in [-0.2, 0) is 16.3 Å². The average molecular weight is 306 g/mol. The number of rotatable bonds is 6. The molecule has 6 nitrogen and oxygen atoms in total. The van der Waals surface area contributed by atoms with Crippen LogP contribution in [0.1, 0.15) is 19.4 Å². The quantitative estimate of drug-likeness (QED) is 0.548. The highest BCUT2D eigenvalue weighted by atomic mass is 32.5. The van der Waals surface area contributed by atoms with Crippen LogP contribution in [0.15, 0.2) is 18.2 Å². The van der Waals surface area contributed by atoms with Gasteiger partial charge in [-0.2, -0.15) is 5.23 Å². The molecule has 0 aliphatic rings. The lowest BCUT2D eigenvalue weighted by Crippen LogP contribution is -2.99. The molecule has 0 aromatic heterocycles. The van der Waals surface area contributed by atoms with Crippen LogP contribution in [0.3, 0.4) is 0 Å². The topological polar surface area (TPSA) is 78.2 Å². The summed E-state index contributed by atoms with van der Waals surface area (Å²) < 4.78 is 10.8. The van der Waals surface area contributed by atoms with Crippen LogP contribution >= 0.6 is 6.64 Å². The molecular weight excluding hydrogens is 287 g/mol. The molecule has 2 atom stereocenters. The van der Waals surface area contributed by atoms with Gasteiger partial charge in [0.15, 0.2) is 5.75 Å². The Morgan fingerprint density at radius 2 is 2.11 bits per heavy atom. The maximum atomic E-state index is 11.2. The smallest absolute Gasteiger partial charge is 0.312 e. The van der Waals surface area contributed by atoms with Gasteiger partial charge >= 0.3 is 6.64 Å². The molecule has 0 amide bonds. The Kier molecular flexibility index (Phi) is 5.88. The number of hydrogen-bond acceptors (Lipinski definition) is 5. The van der Waals surface area contributed by atoms with Crippen molar-refractivity contribution >= 4 is 24.1 Å². The van der Waals surface area contributed by atoms with Crippen LogP contribution in [0.4, 0.5) is 5.69 Å². The third-order valence-corrected chi connectivity index (χ3v) is 4.98. The van der Waals surface area contributed by atoms with Crippen molar-refractivity contribution in [3.05, 3.63) is 29.0 Å². The van der Waals surface area contributed by atoms with E-state index in [1.807, 2.05) is 20.8 Å². The second-order valence-electron chi connectivity index (χ2n) is 4.36. The van der Waals surface area contributed by atoms with Gasteiger partial charge in [0, 0.05) is 19.2 Å². The van der Waals surface area contributed by atoms with Crippen LogP contribution in [0, 0.1) is 12.1 Å². The lowest BCUT2D eigenvalue weighted by Gasteiger charge is -2.25. The van der Waals surface area contributed by atoms with Crippen molar-refractivity contribution in [2.24, 2.45) is 0 Å². The van der Waals surface area contributed by atoms with Crippen molar-refractivity contribution in [3.63, 3.8) is 0 Å². The summed E-state index contributed by atoms with van der Waals surface area (Å²) in [6.07, 6.45) is 0. The summed E-state index contributed by atoms with van der Waals surface area (Å²) in [5, 5.41) is 22.4. The van der Waals surface area contributed by atoms with Gasteiger partial charge in [-0.1, -0.05) is 6.07 Å². The van der Waals surface area contributed by atoms with E-state index in [0.717, 1.165) is 5.56 Å². The Morgan fingerprint density at radius 1 is 1.47 bits per heavy atom. The van der Waals surface area contributed by atoms with Crippen molar-refractivity contribution in [3.8, 4) is 5.75 Å². The fourth-order valence-corrected chi connectivity index (χ4v) is 3.61.